The minimum atomic E-state index is -0.218. The predicted octanol–water partition coefficient (Wildman–Crippen LogP) is 2.68. The Morgan fingerprint density at radius 1 is 1.41 bits per heavy atom. The Bertz CT molecular complexity index is 273. The lowest BCUT2D eigenvalue weighted by molar-refractivity contribution is -0.149. The molecule has 0 N–H and O–H groups in total. The molecule has 1 aliphatic rings. The summed E-state index contributed by atoms with van der Waals surface area (Å²) in [6, 6.07) is 0. The number of aldehydes is 1. The number of hydrogen-bond donors (Lipinski definition) is 0. The van der Waals surface area contributed by atoms with Crippen LogP contribution in [0.5, 0.6) is 0 Å². The average Bonchev–Trinajstić information content (AvgIpc) is 2.64. The van der Waals surface area contributed by atoms with Gasteiger partial charge in [0, 0.05) is 5.92 Å². The van der Waals surface area contributed by atoms with Gasteiger partial charge in [-0.15, -0.1) is 0 Å². The molecule has 0 saturated heterocycles. The van der Waals surface area contributed by atoms with Crippen LogP contribution in [0.4, 0.5) is 0 Å². The van der Waals surface area contributed by atoms with Crippen LogP contribution >= 0.6 is 0 Å². The molecular formula is C14H24O3. The lowest BCUT2D eigenvalue weighted by Crippen LogP contribution is -2.29. The molecule has 3 nitrogen and oxygen atoms in total. The molecule has 0 aromatic heterocycles. The summed E-state index contributed by atoms with van der Waals surface area (Å²) >= 11 is 0. The van der Waals surface area contributed by atoms with E-state index in [-0.39, 0.29) is 17.8 Å². The smallest absolute Gasteiger partial charge is 0.309 e. The highest BCUT2D eigenvalue weighted by molar-refractivity contribution is 5.78. The predicted molar refractivity (Wildman–Crippen MR) is 66.4 cm³/mol. The van der Waals surface area contributed by atoms with E-state index in [0.717, 1.165) is 25.5 Å². The second-order valence-corrected chi connectivity index (χ2v) is 5.56. The number of carbonyl (C=O) groups excluding carboxylic acids is 2. The fraction of sp³-hybridized carbons (Fsp3) is 0.857. The highest BCUT2D eigenvalue weighted by Gasteiger charge is 2.46. The van der Waals surface area contributed by atoms with Crippen molar-refractivity contribution >= 4 is 12.3 Å². The molecule has 0 heterocycles. The van der Waals surface area contributed by atoms with Crippen molar-refractivity contribution in [2.24, 2.45) is 29.6 Å². The Morgan fingerprint density at radius 3 is 2.47 bits per heavy atom. The van der Waals surface area contributed by atoms with Crippen LogP contribution in [0.25, 0.3) is 0 Å². The summed E-state index contributed by atoms with van der Waals surface area (Å²) in [4.78, 5) is 23.1. The monoisotopic (exact) mass is 240 g/mol. The van der Waals surface area contributed by atoms with E-state index in [4.69, 9.17) is 4.74 Å². The molecule has 4 unspecified atom stereocenters. The van der Waals surface area contributed by atoms with Crippen LogP contribution in [0.15, 0.2) is 0 Å². The molecule has 0 aromatic carbocycles. The second kappa shape index (κ2) is 6.18. The van der Waals surface area contributed by atoms with Crippen LogP contribution < -0.4 is 0 Å². The molecule has 1 fully saturated rings. The first kappa shape index (κ1) is 14.2. The summed E-state index contributed by atoms with van der Waals surface area (Å²) in [5.41, 5.74) is 0. The van der Waals surface area contributed by atoms with Gasteiger partial charge in [0.25, 0.3) is 0 Å². The van der Waals surface area contributed by atoms with Crippen LogP contribution in [-0.2, 0) is 14.3 Å². The van der Waals surface area contributed by atoms with Crippen molar-refractivity contribution in [1.82, 2.24) is 0 Å². The lowest BCUT2D eigenvalue weighted by atomic mass is 9.84. The van der Waals surface area contributed by atoms with E-state index in [1.165, 1.54) is 7.11 Å². The van der Waals surface area contributed by atoms with Crippen molar-refractivity contribution in [3.8, 4) is 0 Å². The molecule has 98 valence electrons. The summed E-state index contributed by atoms with van der Waals surface area (Å²) in [5.74, 6) is 0.641. The Hall–Kier alpha value is -0.860. The van der Waals surface area contributed by atoms with E-state index >= 15 is 0 Å². The Morgan fingerprint density at radius 2 is 2.06 bits per heavy atom. The zero-order valence-corrected chi connectivity index (χ0v) is 11.3. The van der Waals surface area contributed by atoms with Gasteiger partial charge in [0.2, 0.25) is 0 Å². The largest absolute Gasteiger partial charge is 0.469 e. The van der Waals surface area contributed by atoms with Crippen LogP contribution in [0.1, 0.15) is 40.0 Å². The molecule has 0 aliphatic heterocycles. The van der Waals surface area contributed by atoms with E-state index in [1.807, 2.05) is 0 Å². The second-order valence-electron chi connectivity index (χ2n) is 5.56. The van der Waals surface area contributed by atoms with E-state index in [9.17, 15) is 9.59 Å². The first-order valence-electron chi connectivity index (χ1n) is 6.58. The molecule has 0 aromatic rings. The molecule has 4 atom stereocenters. The van der Waals surface area contributed by atoms with E-state index in [1.54, 1.807) is 0 Å². The van der Waals surface area contributed by atoms with Gasteiger partial charge in [0.1, 0.15) is 6.29 Å². The van der Waals surface area contributed by atoms with Gasteiger partial charge in [-0.05, 0) is 30.6 Å². The third kappa shape index (κ3) is 3.08. The molecular weight excluding hydrogens is 216 g/mol. The topological polar surface area (TPSA) is 43.4 Å². The summed E-state index contributed by atoms with van der Waals surface area (Å²) in [7, 11) is 1.41. The molecule has 0 amide bonds. The molecule has 0 spiro atoms. The van der Waals surface area contributed by atoms with Gasteiger partial charge in [0.15, 0.2) is 0 Å². The van der Waals surface area contributed by atoms with Crippen LogP contribution in [0, 0.1) is 29.6 Å². The standard InChI is InChI=1S/C14H24O3/c1-5-10-7-11(6-9(2)3)13(12(10)8-15)14(16)17-4/h8-13H,5-7H2,1-4H3. The van der Waals surface area contributed by atoms with E-state index in [0.29, 0.717) is 17.8 Å². The first-order chi connectivity index (χ1) is 8.04. The maximum absolute atomic E-state index is 11.9. The van der Waals surface area contributed by atoms with Gasteiger partial charge in [-0.25, -0.2) is 0 Å². The normalized spacial score (nSPS) is 32.8. The summed E-state index contributed by atoms with van der Waals surface area (Å²) < 4.78 is 4.87. The minimum Gasteiger partial charge on any atom is -0.469 e. The molecule has 3 heteroatoms. The van der Waals surface area contributed by atoms with Gasteiger partial charge in [-0.3, -0.25) is 4.79 Å². The Labute approximate surface area is 104 Å². The van der Waals surface area contributed by atoms with E-state index in [2.05, 4.69) is 20.8 Å². The van der Waals surface area contributed by atoms with Gasteiger partial charge in [-0.2, -0.15) is 0 Å². The number of hydrogen-bond acceptors (Lipinski definition) is 3. The summed E-state index contributed by atoms with van der Waals surface area (Å²) in [6.45, 7) is 6.40. The van der Waals surface area contributed by atoms with E-state index < -0.39 is 0 Å². The van der Waals surface area contributed by atoms with Crippen molar-refractivity contribution in [1.29, 1.82) is 0 Å². The number of carbonyl (C=O) groups is 2. The molecule has 1 rings (SSSR count). The Kier molecular flexibility index (Phi) is 5.16. The maximum atomic E-state index is 11.9. The number of ether oxygens (including phenoxy) is 1. The highest BCUT2D eigenvalue weighted by Crippen LogP contribution is 2.45. The fourth-order valence-corrected chi connectivity index (χ4v) is 3.27. The average molecular weight is 240 g/mol. The third-order valence-electron chi connectivity index (χ3n) is 4.00. The highest BCUT2D eigenvalue weighted by atomic mass is 16.5. The van der Waals surface area contributed by atoms with Gasteiger partial charge in [-0.1, -0.05) is 27.2 Å². The van der Waals surface area contributed by atoms with Crippen LogP contribution in [0.3, 0.4) is 0 Å². The molecule has 1 saturated carbocycles. The molecule has 17 heavy (non-hydrogen) atoms. The van der Waals surface area contributed by atoms with Crippen molar-refractivity contribution < 1.29 is 14.3 Å². The maximum Gasteiger partial charge on any atom is 0.309 e. The quantitative estimate of drug-likeness (QED) is 0.548. The lowest BCUT2D eigenvalue weighted by Gasteiger charge is -2.21. The summed E-state index contributed by atoms with van der Waals surface area (Å²) in [5, 5.41) is 0. The minimum absolute atomic E-state index is 0.142. The molecule has 1 aliphatic carbocycles. The van der Waals surface area contributed by atoms with Gasteiger partial charge in [0.05, 0.1) is 13.0 Å². The van der Waals surface area contributed by atoms with Gasteiger partial charge >= 0.3 is 5.97 Å². The van der Waals surface area contributed by atoms with Crippen molar-refractivity contribution in [2.45, 2.75) is 40.0 Å². The van der Waals surface area contributed by atoms with Crippen molar-refractivity contribution in [3.63, 3.8) is 0 Å². The molecule has 0 bridgehead atoms. The Balaban J connectivity index is 2.88. The molecule has 0 radical (unpaired) electrons. The number of esters is 1. The van der Waals surface area contributed by atoms with Crippen molar-refractivity contribution in [2.75, 3.05) is 7.11 Å². The number of rotatable bonds is 5. The van der Waals surface area contributed by atoms with Crippen LogP contribution in [0.2, 0.25) is 0 Å². The third-order valence-corrected chi connectivity index (χ3v) is 4.00. The summed E-state index contributed by atoms with van der Waals surface area (Å²) in [6.07, 6.45) is 3.92. The van der Waals surface area contributed by atoms with Crippen LogP contribution in [-0.4, -0.2) is 19.4 Å². The zero-order chi connectivity index (χ0) is 13.0. The number of methoxy groups -OCH3 is 1. The SMILES string of the molecule is CCC1CC(CC(C)C)C(C(=O)OC)C1C=O. The fourth-order valence-electron chi connectivity index (χ4n) is 3.27. The van der Waals surface area contributed by atoms with Crippen molar-refractivity contribution in [3.05, 3.63) is 0 Å². The first-order valence-corrected chi connectivity index (χ1v) is 6.58. The zero-order valence-electron chi connectivity index (χ0n) is 11.3. The van der Waals surface area contributed by atoms with Gasteiger partial charge < -0.3 is 9.53 Å².